The van der Waals surface area contributed by atoms with Gasteiger partial charge in [0.2, 0.25) is 5.83 Å². The maximum Gasteiger partial charge on any atom is 0.366 e. The molecule has 0 unspecified atom stereocenters. The molecule has 0 fully saturated rings. The first-order chi connectivity index (χ1) is 21.1. The fourth-order valence-corrected chi connectivity index (χ4v) is 4.82. The van der Waals surface area contributed by atoms with Gasteiger partial charge in [0.25, 0.3) is 0 Å². The number of benzene rings is 3. The highest BCUT2D eigenvalue weighted by Crippen LogP contribution is 2.50. The number of esters is 3. The highest BCUT2D eigenvalue weighted by Gasteiger charge is 2.36. The molecule has 230 valence electrons. The third-order valence-electron chi connectivity index (χ3n) is 7.15. The molecule has 0 saturated heterocycles. The molecule has 44 heavy (non-hydrogen) atoms. The van der Waals surface area contributed by atoms with E-state index in [0.717, 1.165) is 28.3 Å². The van der Waals surface area contributed by atoms with Crippen molar-refractivity contribution in [3.8, 4) is 28.4 Å². The highest BCUT2D eigenvalue weighted by atomic mass is 19.1. The lowest BCUT2D eigenvalue weighted by Crippen LogP contribution is -2.16. The second kappa shape index (κ2) is 14.5. The van der Waals surface area contributed by atoms with E-state index in [1.807, 2.05) is 30.3 Å². The standard InChI is InChI=1S/C35H35FO8/c1-5-32(37)42-20-8-19-40-25-11-9-24(10-12-25)34(39)44-27-14-16-29-28-15-13-26(21-30(28)35(3,4)31(29)22-27)41-17-6-7-18-43-33(38)23(2)36/h5,9-16,21-22H,1-2,6-8,17-20H2,3-4H3. The van der Waals surface area contributed by atoms with Crippen LogP contribution in [0, 0.1) is 0 Å². The van der Waals surface area contributed by atoms with Crippen molar-refractivity contribution in [1.82, 2.24) is 0 Å². The van der Waals surface area contributed by atoms with Gasteiger partial charge in [-0.3, -0.25) is 0 Å². The van der Waals surface area contributed by atoms with E-state index in [1.54, 1.807) is 30.3 Å². The Morgan fingerprint density at radius 1 is 0.750 bits per heavy atom. The van der Waals surface area contributed by atoms with Crippen LogP contribution in [-0.2, 0) is 24.5 Å². The van der Waals surface area contributed by atoms with Crippen LogP contribution in [0.1, 0.15) is 54.6 Å². The molecule has 0 amide bonds. The average molecular weight is 603 g/mol. The molecule has 0 radical (unpaired) electrons. The molecule has 9 heteroatoms. The Kier molecular flexibility index (Phi) is 10.6. The summed E-state index contributed by atoms with van der Waals surface area (Å²) in [6.07, 6.45) is 2.81. The lowest BCUT2D eigenvalue weighted by atomic mass is 9.82. The van der Waals surface area contributed by atoms with E-state index in [1.165, 1.54) is 0 Å². The summed E-state index contributed by atoms with van der Waals surface area (Å²) in [5.41, 5.74) is 4.30. The summed E-state index contributed by atoms with van der Waals surface area (Å²) in [6.45, 7) is 11.6. The van der Waals surface area contributed by atoms with Gasteiger partial charge in [-0.2, -0.15) is 4.39 Å². The maximum absolute atomic E-state index is 12.9. The Balaban J connectivity index is 1.31. The van der Waals surface area contributed by atoms with Crippen molar-refractivity contribution in [2.45, 2.75) is 38.5 Å². The summed E-state index contributed by atoms with van der Waals surface area (Å²) in [4.78, 5) is 35.1. The van der Waals surface area contributed by atoms with E-state index in [9.17, 15) is 18.8 Å². The van der Waals surface area contributed by atoms with Crippen LogP contribution >= 0.6 is 0 Å². The maximum atomic E-state index is 12.9. The number of carbonyl (C=O) groups is 3. The van der Waals surface area contributed by atoms with Crippen LogP contribution in [0.4, 0.5) is 4.39 Å². The number of rotatable bonds is 15. The Hall–Kier alpha value is -4.92. The Labute approximate surface area is 256 Å². The van der Waals surface area contributed by atoms with E-state index in [2.05, 4.69) is 27.0 Å². The van der Waals surface area contributed by atoms with Crippen molar-refractivity contribution >= 4 is 17.9 Å². The molecule has 0 spiro atoms. The van der Waals surface area contributed by atoms with Crippen LogP contribution < -0.4 is 14.2 Å². The molecule has 3 aromatic carbocycles. The van der Waals surface area contributed by atoms with Crippen molar-refractivity contribution in [3.63, 3.8) is 0 Å². The van der Waals surface area contributed by atoms with Crippen LogP contribution in [0.3, 0.4) is 0 Å². The van der Waals surface area contributed by atoms with Crippen molar-refractivity contribution < 1.29 is 42.5 Å². The van der Waals surface area contributed by atoms with Gasteiger partial charge >= 0.3 is 17.9 Å². The molecule has 0 heterocycles. The topological polar surface area (TPSA) is 97.4 Å². The molecule has 0 saturated carbocycles. The zero-order valence-corrected chi connectivity index (χ0v) is 24.9. The van der Waals surface area contributed by atoms with E-state index in [0.29, 0.717) is 55.3 Å². The number of ether oxygens (including phenoxy) is 5. The Morgan fingerprint density at radius 3 is 1.95 bits per heavy atom. The zero-order chi connectivity index (χ0) is 31.7. The number of carbonyl (C=O) groups excluding carboxylic acids is 3. The first-order valence-corrected chi connectivity index (χ1v) is 14.3. The normalized spacial score (nSPS) is 12.3. The molecule has 8 nitrogen and oxygen atoms in total. The fourth-order valence-electron chi connectivity index (χ4n) is 4.82. The molecule has 4 rings (SSSR count). The molecule has 3 aromatic rings. The predicted octanol–water partition coefficient (Wildman–Crippen LogP) is 6.90. The monoisotopic (exact) mass is 602 g/mol. The third kappa shape index (κ3) is 7.92. The van der Waals surface area contributed by atoms with Gasteiger partial charge in [0.15, 0.2) is 0 Å². The fraction of sp³-hybridized carbons (Fsp3) is 0.286. The molecule has 1 aliphatic rings. The molecule has 0 aromatic heterocycles. The van der Waals surface area contributed by atoms with E-state index in [-0.39, 0.29) is 18.6 Å². The van der Waals surface area contributed by atoms with Crippen LogP contribution in [0.15, 0.2) is 85.7 Å². The SMILES string of the molecule is C=CC(=O)OCCCOc1ccc(C(=O)Oc2ccc3c(c2)C(C)(C)c2cc(OCCCCOC(=O)C(=C)F)ccc2-3)cc1. The molecule has 0 atom stereocenters. The van der Waals surface area contributed by atoms with Gasteiger partial charge in [-0.15, -0.1) is 0 Å². The third-order valence-corrected chi connectivity index (χ3v) is 7.15. The van der Waals surface area contributed by atoms with Gasteiger partial charge in [-0.1, -0.05) is 39.1 Å². The number of fused-ring (bicyclic) bond motifs is 3. The molecular formula is C35H35FO8. The second-order valence-electron chi connectivity index (χ2n) is 10.6. The Bertz CT molecular complexity index is 1540. The van der Waals surface area contributed by atoms with E-state index < -0.39 is 23.7 Å². The smallest absolute Gasteiger partial charge is 0.366 e. The number of hydrogen-bond donors (Lipinski definition) is 0. The second-order valence-corrected chi connectivity index (χ2v) is 10.6. The molecule has 0 aliphatic heterocycles. The molecule has 0 bridgehead atoms. The lowest BCUT2D eigenvalue weighted by molar-refractivity contribution is -0.141. The van der Waals surface area contributed by atoms with Crippen molar-refractivity contribution in [1.29, 1.82) is 0 Å². The van der Waals surface area contributed by atoms with Gasteiger partial charge in [0.05, 0.1) is 32.0 Å². The summed E-state index contributed by atoms with van der Waals surface area (Å²) >= 11 is 0. The summed E-state index contributed by atoms with van der Waals surface area (Å²) in [5.74, 6) is -1.36. The van der Waals surface area contributed by atoms with E-state index in [4.69, 9.17) is 23.7 Å². The average Bonchev–Trinajstić information content (AvgIpc) is 3.23. The van der Waals surface area contributed by atoms with Crippen molar-refractivity contribution in [3.05, 3.63) is 102 Å². The van der Waals surface area contributed by atoms with Gasteiger partial charge in [0.1, 0.15) is 17.2 Å². The van der Waals surface area contributed by atoms with Gasteiger partial charge in [-0.05, 0) is 83.6 Å². The number of halogens is 1. The minimum absolute atomic E-state index is 0.0995. The lowest BCUT2D eigenvalue weighted by Gasteiger charge is -2.22. The highest BCUT2D eigenvalue weighted by molar-refractivity contribution is 5.91. The van der Waals surface area contributed by atoms with Crippen LogP contribution in [0.5, 0.6) is 17.2 Å². The quantitative estimate of drug-likeness (QED) is 0.0803. The minimum Gasteiger partial charge on any atom is -0.494 e. The van der Waals surface area contributed by atoms with E-state index >= 15 is 0 Å². The van der Waals surface area contributed by atoms with Gasteiger partial charge in [-0.25, -0.2) is 14.4 Å². The molecule has 0 N–H and O–H groups in total. The number of unbranched alkanes of at least 4 members (excludes halogenated alkanes) is 1. The van der Waals surface area contributed by atoms with Crippen molar-refractivity contribution in [2.24, 2.45) is 0 Å². The summed E-state index contributed by atoms with van der Waals surface area (Å²) in [5, 5.41) is 0. The van der Waals surface area contributed by atoms with Crippen LogP contribution in [0.25, 0.3) is 11.1 Å². The molecule has 1 aliphatic carbocycles. The van der Waals surface area contributed by atoms with Crippen LogP contribution in [0.2, 0.25) is 0 Å². The number of hydrogen-bond acceptors (Lipinski definition) is 8. The van der Waals surface area contributed by atoms with Gasteiger partial charge in [0, 0.05) is 17.9 Å². The Morgan fingerprint density at radius 2 is 1.30 bits per heavy atom. The van der Waals surface area contributed by atoms with Crippen molar-refractivity contribution in [2.75, 3.05) is 26.4 Å². The summed E-state index contributed by atoms with van der Waals surface area (Å²) in [7, 11) is 0. The summed E-state index contributed by atoms with van der Waals surface area (Å²) in [6, 6.07) is 18.3. The first kappa shape index (κ1) is 32.0. The summed E-state index contributed by atoms with van der Waals surface area (Å²) < 4.78 is 39.6. The largest absolute Gasteiger partial charge is 0.494 e. The first-order valence-electron chi connectivity index (χ1n) is 14.3. The minimum atomic E-state index is -1.11. The molecular weight excluding hydrogens is 567 g/mol. The van der Waals surface area contributed by atoms with Gasteiger partial charge < -0.3 is 23.7 Å². The van der Waals surface area contributed by atoms with Crippen LogP contribution in [-0.4, -0.2) is 44.3 Å². The predicted molar refractivity (Wildman–Crippen MR) is 163 cm³/mol. The zero-order valence-electron chi connectivity index (χ0n) is 24.9.